The molecule has 5 nitrogen and oxygen atoms in total. The maximum Gasteiger partial charge on any atom is 0.213 e. The van der Waals surface area contributed by atoms with Crippen LogP contribution in [-0.4, -0.2) is 23.4 Å². The van der Waals surface area contributed by atoms with Gasteiger partial charge in [0.2, 0.25) is 10.0 Å². The first-order valence-electron chi connectivity index (χ1n) is 4.44. The summed E-state index contributed by atoms with van der Waals surface area (Å²) in [5, 5.41) is 8.54. The molecule has 1 heterocycles. The number of hydrogen-bond donors (Lipinski definition) is 1. The van der Waals surface area contributed by atoms with Crippen LogP contribution in [0.2, 0.25) is 0 Å². The monoisotopic (exact) mass is 217 g/mol. The molecule has 0 amide bonds. The second-order valence-corrected chi connectivity index (χ2v) is 5.20. The molecule has 14 heavy (non-hydrogen) atoms. The van der Waals surface area contributed by atoms with Crippen molar-refractivity contribution in [2.75, 3.05) is 0 Å². The van der Waals surface area contributed by atoms with Crippen molar-refractivity contribution in [3.8, 4) is 0 Å². The average molecular weight is 217 g/mol. The number of aryl methyl sites for hydroxylation is 1. The first kappa shape index (κ1) is 11.2. The largest absolute Gasteiger partial charge is 0.271 e. The molecule has 1 rings (SSSR count). The van der Waals surface area contributed by atoms with Gasteiger partial charge in [-0.25, -0.2) is 13.6 Å². The van der Waals surface area contributed by atoms with Gasteiger partial charge < -0.3 is 0 Å². The molecule has 1 aromatic heterocycles. The number of nitrogens with zero attached hydrogens (tertiary/aromatic N) is 2. The summed E-state index contributed by atoms with van der Waals surface area (Å²) < 4.78 is 23.8. The van der Waals surface area contributed by atoms with Crippen LogP contribution in [0.1, 0.15) is 18.9 Å². The summed E-state index contributed by atoms with van der Waals surface area (Å²) in [6, 6.07) is 0. The highest BCUT2D eigenvalue weighted by Crippen LogP contribution is 2.05. The first-order valence-corrected chi connectivity index (χ1v) is 6.05. The fraction of sp³-hybridized carbons (Fsp3) is 0.625. The molecule has 0 saturated heterocycles. The molecule has 2 N–H and O–H groups in total. The lowest BCUT2D eigenvalue weighted by molar-refractivity contribution is 0.529. The molecule has 0 aromatic carbocycles. The van der Waals surface area contributed by atoms with Crippen LogP contribution in [0.15, 0.2) is 12.4 Å². The molecule has 80 valence electrons. The molecule has 1 unspecified atom stereocenters. The highest BCUT2D eigenvalue weighted by Gasteiger charge is 2.19. The second-order valence-electron chi connectivity index (χ2n) is 3.36. The minimum absolute atomic E-state index is 0.323. The Morgan fingerprint density at radius 1 is 1.64 bits per heavy atom. The quantitative estimate of drug-likeness (QED) is 0.785. The second kappa shape index (κ2) is 4.10. The summed E-state index contributed by atoms with van der Waals surface area (Å²) in [6.45, 7) is 4.02. The molecule has 0 aliphatic rings. The molecule has 6 heteroatoms. The van der Waals surface area contributed by atoms with Crippen molar-refractivity contribution in [3.05, 3.63) is 18.0 Å². The van der Waals surface area contributed by atoms with Crippen molar-refractivity contribution >= 4 is 10.0 Å². The first-order chi connectivity index (χ1) is 6.43. The van der Waals surface area contributed by atoms with Crippen LogP contribution in [0.5, 0.6) is 0 Å². The van der Waals surface area contributed by atoms with Crippen LogP contribution in [-0.2, 0) is 16.6 Å². The van der Waals surface area contributed by atoms with Crippen LogP contribution in [0.25, 0.3) is 0 Å². The molecule has 0 saturated carbocycles. The van der Waals surface area contributed by atoms with Gasteiger partial charge in [-0.2, -0.15) is 5.10 Å². The SMILES string of the molecule is CCC(Cn1cc(C)cn1)S(N)(=O)=O. The van der Waals surface area contributed by atoms with Crippen molar-refractivity contribution < 1.29 is 8.42 Å². The Bertz CT molecular complexity index is 396. The van der Waals surface area contributed by atoms with E-state index in [-0.39, 0.29) is 0 Å². The number of hydrogen-bond acceptors (Lipinski definition) is 3. The van der Waals surface area contributed by atoms with Crippen molar-refractivity contribution in [3.63, 3.8) is 0 Å². The topological polar surface area (TPSA) is 78.0 Å². The molecule has 0 spiro atoms. The van der Waals surface area contributed by atoms with Gasteiger partial charge in [0.1, 0.15) is 0 Å². The third-order valence-electron chi connectivity index (χ3n) is 2.07. The van der Waals surface area contributed by atoms with Crippen LogP contribution >= 0.6 is 0 Å². The third-order valence-corrected chi connectivity index (χ3v) is 3.48. The Hall–Kier alpha value is -0.880. The molecule has 0 aliphatic carbocycles. The Morgan fingerprint density at radius 3 is 2.64 bits per heavy atom. The summed E-state index contributed by atoms with van der Waals surface area (Å²) in [5.74, 6) is 0. The standard InChI is InChI=1S/C8H15N3O2S/c1-3-8(14(9,12)13)6-11-5-7(2)4-10-11/h4-5,8H,3,6H2,1-2H3,(H2,9,12,13). The molecule has 1 atom stereocenters. The van der Waals surface area contributed by atoms with Gasteiger partial charge in [-0.3, -0.25) is 4.68 Å². The van der Waals surface area contributed by atoms with Crippen LogP contribution in [0, 0.1) is 6.92 Å². The highest BCUT2D eigenvalue weighted by molar-refractivity contribution is 7.89. The maximum atomic E-state index is 11.1. The zero-order chi connectivity index (χ0) is 10.8. The number of rotatable bonds is 4. The Balaban J connectivity index is 2.76. The number of primary sulfonamides is 1. The molecular weight excluding hydrogens is 202 g/mol. The van der Waals surface area contributed by atoms with E-state index in [0.29, 0.717) is 13.0 Å². The summed E-state index contributed by atoms with van der Waals surface area (Å²) in [5.41, 5.74) is 1.01. The lowest BCUT2D eigenvalue weighted by Crippen LogP contribution is -2.32. The normalized spacial score (nSPS) is 14.2. The van der Waals surface area contributed by atoms with E-state index in [1.54, 1.807) is 24.0 Å². The van der Waals surface area contributed by atoms with E-state index in [4.69, 9.17) is 5.14 Å². The maximum absolute atomic E-state index is 11.1. The van der Waals surface area contributed by atoms with E-state index in [0.717, 1.165) is 5.56 Å². The molecule has 0 bridgehead atoms. The van der Waals surface area contributed by atoms with Gasteiger partial charge in [-0.1, -0.05) is 6.92 Å². The molecular formula is C8H15N3O2S. The molecule has 0 radical (unpaired) electrons. The van der Waals surface area contributed by atoms with Crippen molar-refractivity contribution in [1.29, 1.82) is 0 Å². The fourth-order valence-electron chi connectivity index (χ4n) is 1.24. The smallest absolute Gasteiger partial charge is 0.213 e. The van der Waals surface area contributed by atoms with E-state index < -0.39 is 15.3 Å². The van der Waals surface area contributed by atoms with Gasteiger partial charge in [0.25, 0.3) is 0 Å². The fourth-order valence-corrected chi connectivity index (χ4v) is 2.07. The minimum atomic E-state index is -3.46. The Kier molecular flexibility index (Phi) is 3.28. The lowest BCUT2D eigenvalue weighted by atomic mass is 10.3. The zero-order valence-corrected chi connectivity index (χ0v) is 9.16. The molecule has 0 aliphatic heterocycles. The summed E-state index contributed by atoms with van der Waals surface area (Å²) in [6.07, 6.45) is 3.99. The van der Waals surface area contributed by atoms with Gasteiger partial charge in [0.15, 0.2) is 0 Å². The van der Waals surface area contributed by atoms with Crippen molar-refractivity contribution in [2.45, 2.75) is 32.1 Å². The summed E-state index contributed by atoms with van der Waals surface area (Å²) in [4.78, 5) is 0. The van der Waals surface area contributed by atoms with Crippen molar-refractivity contribution in [2.24, 2.45) is 5.14 Å². The average Bonchev–Trinajstić information content (AvgIpc) is 2.45. The number of nitrogens with two attached hydrogens (primary N) is 1. The van der Waals surface area contributed by atoms with Crippen molar-refractivity contribution in [1.82, 2.24) is 9.78 Å². The molecule has 0 fully saturated rings. The van der Waals surface area contributed by atoms with Gasteiger partial charge in [-0.15, -0.1) is 0 Å². The van der Waals surface area contributed by atoms with E-state index in [1.807, 2.05) is 6.92 Å². The van der Waals surface area contributed by atoms with Gasteiger partial charge >= 0.3 is 0 Å². The summed E-state index contributed by atoms with van der Waals surface area (Å²) >= 11 is 0. The van der Waals surface area contributed by atoms with E-state index in [9.17, 15) is 8.42 Å². The van der Waals surface area contributed by atoms with Crippen LogP contribution in [0.4, 0.5) is 0 Å². The van der Waals surface area contributed by atoms with Gasteiger partial charge in [-0.05, 0) is 18.9 Å². The van der Waals surface area contributed by atoms with Crippen LogP contribution < -0.4 is 5.14 Å². The predicted octanol–water partition coefficient (Wildman–Crippen LogP) is 0.259. The number of aromatic nitrogens is 2. The summed E-state index contributed by atoms with van der Waals surface area (Å²) in [7, 11) is -3.46. The van der Waals surface area contributed by atoms with E-state index in [1.165, 1.54) is 0 Å². The van der Waals surface area contributed by atoms with E-state index in [2.05, 4.69) is 5.10 Å². The van der Waals surface area contributed by atoms with Gasteiger partial charge in [0, 0.05) is 6.20 Å². The van der Waals surface area contributed by atoms with Crippen LogP contribution in [0.3, 0.4) is 0 Å². The Morgan fingerprint density at radius 2 is 2.29 bits per heavy atom. The molecule has 1 aromatic rings. The van der Waals surface area contributed by atoms with E-state index >= 15 is 0 Å². The Labute approximate surface area is 84.0 Å². The zero-order valence-electron chi connectivity index (χ0n) is 8.34. The van der Waals surface area contributed by atoms with Gasteiger partial charge in [0.05, 0.1) is 18.0 Å². The lowest BCUT2D eigenvalue weighted by Gasteiger charge is -2.11. The number of sulfonamides is 1. The highest BCUT2D eigenvalue weighted by atomic mass is 32.2. The minimum Gasteiger partial charge on any atom is -0.271 e. The predicted molar refractivity (Wildman–Crippen MR) is 54.2 cm³/mol. The third kappa shape index (κ3) is 2.81.